The normalized spacial score (nSPS) is 17.7. The summed E-state index contributed by atoms with van der Waals surface area (Å²) in [5.74, 6) is 0.658. The molecule has 0 bridgehead atoms. The van der Waals surface area contributed by atoms with Gasteiger partial charge in [-0.3, -0.25) is 4.79 Å². The first-order chi connectivity index (χ1) is 12.0. The van der Waals surface area contributed by atoms with Gasteiger partial charge in [0.2, 0.25) is 5.91 Å². The first kappa shape index (κ1) is 17.1. The van der Waals surface area contributed by atoms with Gasteiger partial charge in [0.1, 0.15) is 11.8 Å². The summed E-state index contributed by atoms with van der Waals surface area (Å²) in [6, 6.07) is 11.0. The summed E-state index contributed by atoms with van der Waals surface area (Å²) in [6.07, 6.45) is 1.57. The first-order valence-electron chi connectivity index (χ1n) is 8.46. The van der Waals surface area contributed by atoms with Crippen LogP contribution in [-0.4, -0.2) is 40.9 Å². The van der Waals surface area contributed by atoms with Gasteiger partial charge in [-0.15, -0.1) is 0 Å². The second kappa shape index (κ2) is 7.42. The number of hydrogen-bond acceptors (Lipinski definition) is 3. The Morgan fingerprint density at radius 3 is 2.68 bits per heavy atom. The predicted molar refractivity (Wildman–Crippen MR) is 93.7 cm³/mol. The van der Waals surface area contributed by atoms with E-state index in [-0.39, 0.29) is 11.9 Å². The third-order valence-corrected chi connectivity index (χ3v) is 4.50. The lowest BCUT2D eigenvalue weighted by atomic mass is 10.1. The average Bonchev–Trinajstić information content (AvgIpc) is 3.12. The zero-order valence-corrected chi connectivity index (χ0v) is 14.6. The van der Waals surface area contributed by atoms with E-state index in [9.17, 15) is 9.59 Å². The van der Waals surface area contributed by atoms with E-state index in [0.717, 1.165) is 5.56 Å². The SMILES string of the molecule is Cc1ccc(CN2CCN(C(=O)NCc3ccco3)C(C)C2=O)cc1. The zero-order chi connectivity index (χ0) is 17.8. The number of piperazine rings is 1. The highest BCUT2D eigenvalue weighted by Crippen LogP contribution is 2.15. The molecule has 1 aromatic heterocycles. The fourth-order valence-corrected chi connectivity index (χ4v) is 2.96. The van der Waals surface area contributed by atoms with Crippen LogP contribution in [0.25, 0.3) is 0 Å². The van der Waals surface area contributed by atoms with Gasteiger partial charge in [-0.2, -0.15) is 0 Å². The lowest BCUT2D eigenvalue weighted by Gasteiger charge is -2.39. The van der Waals surface area contributed by atoms with Gasteiger partial charge in [0.25, 0.3) is 0 Å². The van der Waals surface area contributed by atoms with Crippen LogP contribution in [0.15, 0.2) is 47.1 Å². The van der Waals surface area contributed by atoms with Gasteiger partial charge < -0.3 is 19.5 Å². The second-order valence-electron chi connectivity index (χ2n) is 6.35. The molecule has 0 aliphatic carbocycles. The Kier molecular flexibility index (Phi) is 5.07. The number of carbonyl (C=O) groups excluding carboxylic acids is 2. The molecule has 2 heterocycles. The summed E-state index contributed by atoms with van der Waals surface area (Å²) in [5.41, 5.74) is 2.29. The summed E-state index contributed by atoms with van der Waals surface area (Å²) < 4.78 is 5.20. The molecule has 3 rings (SSSR count). The predicted octanol–water partition coefficient (Wildman–Crippen LogP) is 2.53. The third-order valence-electron chi connectivity index (χ3n) is 4.50. The monoisotopic (exact) mass is 341 g/mol. The highest BCUT2D eigenvalue weighted by Gasteiger charge is 2.34. The lowest BCUT2D eigenvalue weighted by molar-refractivity contribution is -0.139. The van der Waals surface area contributed by atoms with Crippen molar-refractivity contribution in [1.82, 2.24) is 15.1 Å². The number of urea groups is 1. The third kappa shape index (κ3) is 4.02. The molecule has 6 nitrogen and oxygen atoms in total. The van der Waals surface area contributed by atoms with E-state index in [0.29, 0.717) is 31.9 Å². The maximum Gasteiger partial charge on any atom is 0.318 e. The van der Waals surface area contributed by atoms with Crippen LogP contribution in [0.3, 0.4) is 0 Å². The van der Waals surface area contributed by atoms with Crippen LogP contribution in [0.5, 0.6) is 0 Å². The molecule has 1 saturated heterocycles. The Morgan fingerprint density at radius 2 is 2.00 bits per heavy atom. The highest BCUT2D eigenvalue weighted by atomic mass is 16.3. The van der Waals surface area contributed by atoms with Crippen LogP contribution >= 0.6 is 0 Å². The molecule has 0 radical (unpaired) electrons. The number of nitrogens with one attached hydrogen (secondary N) is 1. The van der Waals surface area contributed by atoms with Gasteiger partial charge in [0.15, 0.2) is 0 Å². The van der Waals surface area contributed by atoms with E-state index < -0.39 is 6.04 Å². The number of nitrogens with zero attached hydrogens (tertiary/aromatic N) is 2. The summed E-state index contributed by atoms with van der Waals surface area (Å²) in [5, 5.41) is 2.80. The van der Waals surface area contributed by atoms with E-state index in [1.165, 1.54) is 5.56 Å². The van der Waals surface area contributed by atoms with Gasteiger partial charge in [-0.05, 0) is 31.5 Å². The standard InChI is InChI=1S/C19H23N3O3/c1-14-5-7-16(8-6-14)13-21-9-10-22(15(2)18(21)23)19(24)20-12-17-4-3-11-25-17/h3-8,11,15H,9-10,12-13H2,1-2H3,(H,20,24). The number of benzene rings is 1. The van der Waals surface area contributed by atoms with Gasteiger partial charge in [-0.25, -0.2) is 4.79 Å². The van der Waals surface area contributed by atoms with Gasteiger partial charge >= 0.3 is 6.03 Å². The zero-order valence-electron chi connectivity index (χ0n) is 14.6. The van der Waals surface area contributed by atoms with Crippen LogP contribution in [0.2, 0.25) is 0 Å². The summed E-state index contributed by atoms with van der Waals surface area (Å²) in [4.78, 5) is 28.4. The number of furan rings is 1. The van der Waals surface area contributed by atoms with E-state index in [1.54, 1.807) is 30.2 Å². The average molecular weight is 341 g/mol. The van der Waals surface area contributed by atoms with Crippen molar-refractivity contribution in [3.8, 4) is 0 Å². The van der Waals surface area contributed by atoms with Crippen molar-refractivity contribution < 1.29 is 14.0 Å². The van der Waals surface area contributed by atoms with E-state index in [1.807, 2.05) is 36.1 Å². The van der Waals surface area contributed by atoms with Crippen LogP contribution in [-0.2, 0) is 17.9 Å². The molecule has 1 fully saturated rings. The Balaban J connectivity index is 1.56. The maximum atomic E-state index is 12.6. The Bertz CT molecular complexity index is 725. The molecule has 1 aliphatic heterocycles. The highest BCUT2D eigenvalue weighted by molar-refractivity contribution is 5.88. The van der Waals surface area contributed by atoms with Crippen LogP contribution in [0, 0.1) is 6.92 Å². The number of hydrogen-bond donors (Lipinski definition) is 1. The molecular formula is C19H23N3O3. The summed E-state index contributed by atoms with van der Waals surface area (Å²) in [6.45, 7) is 5.75. The molecular weight excluding hydrogens is 318 g/mol. The number of amides is 3. The van der Waals surface area contributed by atoms with Crippen LogP contribution in [0.4, 0.5) is 4.79 Å². The molecule has 1 atom stereocenters. The minimum Gasteiger partial charge on any atom is -0.467 e. The Labute approximate surface area is 147 Å². The molecule has 1 unspecified atom stereocenters. The van der Waals surface area contributed by atoms with Gasteiger partial charge in [-0.1, -0.05) is 29.8 Å². The fraction of sp³-hybridized carbons (Fsp3) is 0.368. The van der Waals surface area contributed by atoms with Crippen molar-refractivity contribution in [3.05, 3.63) is 59.5 Å². The molecule has 2 aromatic rings. The molecule has 3 amide bonds. The molecule has 1 N–H and O–H groups in total. The van der Waals surface area contributed by atoms with E-state index in [4.69, 9.17) is 4.42 Å². The smallest absolute Gasteiger partial charge is 0.318 e. The Morgan fingerprint density at radius 1 is 1.24 bits per heavy atom. The van der Waals surface area contributed by atoms with Gasteiger partial charge in [0, 0.05) is 19.6 Å². The molecule has 1 aliphatic rings. The fourth-order valence-electron chi connectivity index (χ4n) is 2.96. The van der Waals surface area contributed by atoms with E-state index in [2.05, 4.69) is 5.32 Å². The molecule has 132 valence electrons. The van der Waals surface area contributed by atoms with Crippen molar-refractivity contribution in [2.75, 3.05) is 13.1 Å². The summed E-state index contributed by atoms with van der Waals surface area (Å²) >= 11 is 0. The topological polar surface area (TPSA) is 65.8 Å². The van der Waals surface area contributed by atoms with E-state index >= 15 is 0 Å². The molecule has 0 spiro atoms. The quantitative estimate of drug-likeness (QED) is 0.929. The summed E-state index contributed by atoms with van der Waals surface area (Å²) in [7, 11) is 0. The minimum absolute atomic E-state index is 0.0278. The van der Waals surface area contributed by atoms with Crippen LogP contribution in [0.1, 0.15) is 23.8 Å². The minimum atomic E-state index is -0.476. The molecule has 1 aromatic carbocycles. The first-order valence-corrected chi connectivity index (χ1v) is 8.46. The number of rotatable bonds is 4. The second-order valence-corrected chi connectivity index (χ2v) is 6.35. The van der Waals surface area contributed by atoms with Gasteiger partial charge in [0.05, 0.1) is 12.8 Å². The van der Waals surface area contributed by atoms with Crippen molar-refractivity contribution in [2.45, 2.75) is 33.0 Å². The molecule has 25 heavy (non-hydrogen) atoms. The van der Waals surface area contributed by atoms with Crippen LogP contribution < -0.4 is 5.32 Å². The largest absolute Gasteiger partial charge is 0.467 e. The number of carbonyl (C=O) groups is 2. The molecule has 6 heteroatoms. The van der Waals surface area contributed by atoms with Crippen molar-refractivity contribution in [1.29, 1.82) is 0 Å². The number of aryl methyl sites for hydroxylation is 1. The lowest BCUT2D eigenvalue weighted by Crippen LogP contribution is -2.59. The van der Waals surface area contributed by atoms with Crippen molar-refractivity contribution in [2.24, 2.45) is 0 Å². The Hall–Kier alpha value is -2.76. The van der Waals surface area contributed by atoms with Crippen molar-refractivity contribution in [3.63, 3.8) is 0 Å². The van der Waals surface area contributed by atoms with Crippen molar-refractivity contribution >= 4 is 11.9 Å². The molecule has 0 saturated carbocycles. The maximum absolute atomic E-state index is 12.6.